The molecule has 0 radical (unpaired) electrons. The van der Waals surface area contributed by atoms with Crippen LogP contribution in [0.4, 0.5) is 0 Å². The van der Waals surface area contributed by atoms with Gasteiger partial charge in [-0.05, 0) is 29.3 Å². The zero-order valence-corrected chi connectivity index (χ0v) is 16.5. The van der Waals surface area contributed by atoms with Crippen LogP contribution in [0.2, 0.25) is 0 Å². The van der Waals surface area contributed by atoms with Crippen molar-refractivity contribution in [1.82, 2.24) is 9.80 Å². The maximum Gasteiger partial charge on any atom is 0.161 e. The van der Waals surface area contributed by atoms with Crippen LogP contribution in [0.5, 0.6) is 11.5 Å². The van der Waals surface area contributed by atoms with Crippen LogP contribution < -0.4 is 9.47 Å². The van der Waals surface area contributed by atoms with Gasteiger partial charge in [0.2, 0.25) is 0 Å². The van der Waals surface area contributed by atoms with Crippen LogP contribution in [0, 0.1) is 0 Å². The average molecular weight is 405 g/mol. The summed E-state index contributed by atoms with van der Waals surface area (Å²) in [5.41, 5.74) is 2.62. The minimum absolute atomic E-state index is 0.782. The van der Waals surface area contributed by atoms with Gasteiger partial charge < -0.3 is 9.47 Å². The van der Waals surface area contributed by atoms with E-state index in [1.54, 1.807) is 14.2 Å². The summed E-state index contributed by atoms with van der Waals surface area (Å²) in [4.78, 5) is 5.02. The van der Waals surface area contributed by atoms with E-state index in [0.29, 0.717) is 0 Å². The molecule has 2 aromatic rings. The lowest BCUT2D eigenvalue weighted by atomic mass is 10.1. The summed E-state index contributed by atoms with van der Waals surface area (Å²) in [6.45, 7) is 6.30. The second-order valence-electron chi connectivity index (χ2n) is 6.33. The smallest absolute Gasteiger partial charge is 0.161 e. The molecular formula is C20H25BrN2O2. The number of nitrogens with zero attached hydrogens (tertiary/aromatic N) is 2. The monoisotopic (exact) mass is 404 g/mol. The fourth-order valence-electron chi connectivity index (χ4n) is 3.21. The number of hydrogen-bond acceptors (Lipinski definition) is 4. The lowest BCUT2D eigenvalue weighted by Crippen LogP contribution is -2.45. The van der Waals surface area contributed by atoms with E-state index >= 15 is 0 Å². The van der Waals surface area contributed by atoms with Crippen LogP contribution in [-0.4, -0.2) is 50.2 Å². The molecule has 0 bridgehead atoms. The SMILES string of the molecule is COc1ccc(CN2CCN(Cc3ccccc3Br)CC2)cc1OC. The molecule has 0 spiro atoms. The van der Waals surface area contributed by atoms with Crippen LogP contribution in [0.3, 0.4) is 0 Å². The van der Waals surface area contributed by atoms with Gasteiger partial charge in [0.15, 0.2) is 11.5 Å². The molecule has 4 nitrogen and oxygen atoms in total. The Kier molecular flexibility index (Phi) is 6.34. The molecule has 3 rings (SSSR count). The molecule has 2 aromatic carbocycles. The summed E-state index contributed by atoms with van der Waals surface area (Å²) in [5, 5.41) is 0. The highest BCUT2D eigenvalue weighted by molar-refractivity contribution is 9.10. The Bertz CT molecular complexity index is 700. The second kappa shape index (κ2) is 8.70. The van der Waals surface area contributed by atoms with Crippen molar-refractivity contribution in [3.63, 3.8) is 0 Å². The third-order valence-corrected chi connectivity index (χ3v) is 5.44. The topological polar surface area (TPSA) is 24.9 Å². The van der Waals surface area contributed by atoms with Gasteiger partial charge in [-0.1, -0.05) is 40.2 Å². The Hall–Kier alpha value is -1.56. The van der Waals surface area contributed by atoms with Crippen molar-refractivity contribution in [2.45, 2.75) is 13.1 Å². The first-order valence-corrected chi connectivity index (χ1v) is 9.38. The van der Waals surface area contributed by atoms with Crippen molar-refractivity contribution in [3.8, 4) is 11.5 Å². The Labute approximate surface area is 158 Å². The summed E-state index contributed by atoms with van der Waals surface area (Å²) in [6.07, 6.45) is 0. The number of methoxy groups -OCH3 is 2. The average Bonchev–Trinajstić information content (AvgIpc) is 2.65. The van der Waals surface area contributed by atoms with E-state index in [1.165, 1.54) is 15.6 Å². The van der Waals surface area contributed by atoms with E-state index in [0.717, 1.165) is 50.8 Å². The minimum atomic E-state index is 0.782. The van der Waals surface area contributed by atoms with Gasteiger partial charge in [-0.25, -0.2) is 0 Å². The number of ether oxygens (including phenoxy) is 2. The number of piperazine rings is 1. The predicted molar refractivity (Wildman–Crippen MR) is 104 cm³/mol. The molecule has 1 aliphatic rings. The molecule has 0 atom stereocenters. The first-order chi connectivity index (χ1) is 12.2. The number of hydrogen-bond donors (Lipinski definition) is 0. The van der Waals surface area contributed by atoms with Crippen LogP contribution in [0.15, 0.2) is 46.9 Å². The van der Waals surface area contributed by atoms with E-state index in [9.17, 15) is 0 Å². The van der Waals surface area contributed by atoms with Crippen LogP contribution in [0.25, 0.3) is 0 Å². The minimum Gasteiger partial charge on any atom is -0.493 e. The Morgan fingerprint density at radius 2 is 1.48 bits per heavy atom. The van der Waals surface area contributed by atoms with Gasteiger partial charge in [0, 0.05) is 43.7 Å². The molecule has 25 heavy (non-hydrogen) atoms. The van der Waals surface area contributed by atoms with Crippen molar-refractivity contribution in [2.75, 3.05) is 40.4 Å². The molecule has 1 heterocycles. The molecule has 0 N–H and O–H groups in total. The lowest BCUT2D eigenvalue weighted by Gasteiger charge is -2.35. The van der Waals surface area contributed by atoms with Gasteiger partial charge in [0.1, 0.15) is 0 Å². The first kappa shape index (κ1) is 18.2. The quantitative estimate of drug-likeness (QED) is 0.730. The normalized spacial score (nSPS) is 16.0. The molecule has 1 aliphatic heterocycles. The lowest BCUT2D eigenvalue weighted by molar-refractivity contribution is 0.122. The highest BCUT2D eigenvalue weighted by Crippen LogP contribution is 2.28. The molecule has 0 aromatic heterocycles. The molecular weight excluding hydrogens is 380 g/mol. The van der Waals surface area contributed by atoms with E-state index in [1.807, 2.05) is 6.07 Å². The Morgan fingerprint density at radius 3 is 2.12 bits per heavy atom. The fourth-order valence-corrected chi connectivity index (χ4v) is 3.62. The molecule has 0 saturated carbocycles. The van der Waals surface area contributed by atoms with E-state index < -0.39 is 0 Å². The molecule has 134 valence electrons. The summed E-state index contributed by atoms with van der Waals surface area (Å²) in [5.74, 6) is 1.58. The van der Waals surface area contributed by atoms with Crippen molar-refractivity contribution in [2.24, 2.45) is 0 Å². The standard InChI is InChI=1S/C20H25BrN2O2/c1-24-19-8-7-16(13-20(19)25-2)14-22-9-11-23(12-10-22)15-17-5-3-4-6-18(17)21/h3-8,13H,9-12,14-15H2,1-2H3. The van der Waals surface area contributed by atoms with Crippen LogP contribution in [0.1, 0.15) is 11.1 Å². The van der Waals surface area contributed by atoms with Gasteiger partial charge in [-0.3, -0.25) is 9.80 Å². The summed E-state index contributed by atoms with van der Waals surface area (Å²) >= 11 is 3.65. The highest BCUT2D eigenvalue weighted by Gasteiger charge is 2.18. The van der Waals surface area contributed by atoms with Gasteiger partial charge in [0.25, 0.3) is 0 Å². The maximum absolute atomic E-state index is 5.40. The van der Waals surface area contributed by atoms with Crippen LogP contribution >= 0.6 is 15.9 Å². The molecule has 5 heteroatoms. The van der Waals surface area contributed by atoms with Crippen molar-refractivity contribution < 1.29 is 9.47 Å². The number of rotatable bonds is 6. The second-order valence-corrected chi connectivity index (χ2v) is 7.19. The zero-order chi connectivity index (χ0) is 17.6. The van der Waals surface area contributed by atoms with Crippen molar-refractivity contribution in [3.05, 3.63) is 58.1 Å². The number of benzene rings is 2. The fraction of sp³-hybridized carbons (Fsp3) is 0.400. The first-order valence-electron chi connectivity index (χ1n) is 8.58. The van der Waals surface area contributed by atoms with Crippen LogP contribution in [-0.2, 0) is 13.1 Å². The zero-order valence-electron chi connectivity index (χ0n) is 14.9. The molecule has 1 saturated heterocycles. The van der Waals surface area contributed by atoms with E-state index in [-0.39, 0.29) is 0 Å². The predicted octanol–water partition coefficient (Wildman–Crippen LogP) is 3.78. The van der Waals surface area contributed by atoms with E-state index in [2.05, 4.69) is 62.1 Å². The van der Waals surface area contributed by atoms with Crippen molar-refractivity contribution in [1.29, 1.82) is 0 Å². The van der Waals surface area contributed by atoms with Gasteiger partial charge >= 0.3 is 0 Å². The summed E-state index contributed by atoms with van der Waals surface area (Å²) < 4.78 is 11.9. The molecule has 0 aliphatic carbocycles. The van der Waals surface area contributed by atoms with Gasteiger partial charge in [0.05, 0.1) is 14.2 Å². The summed E-state index contributed by atoms with van der Waals surface area (Å²) in [6, 6.07) is 14.7. The third-order valence-electron chi connectivity index (χ3n) is 4.67. The number of halogens is 1. The molecule has 1 fully saturated rings. The largest absolute Gasteiger partial charge is 0.493 e. The van der Waals surface area contributed by atoms with Gasteiger partial charge in [-0.2, -0.15) is 0 Å². The highest BCUT2D eigenvalue weighted by atomic mass is 79.9. The maximum atomic E-state index is 5.40. The van der Waals surface area contributed by atoms with E-state index in [4.69, 9.17) is 9.47 Å². The summed E-state index contributed by atoms with van der Waals surface area (Å²) in [7, 11) is 3.35. The van der Waals surface area contributed by atoms with Gasteiger partial charge in [-0.15, -0.1) is 0 Å². The van der Waals surface area contributed by atoms with Crippen molar-refractivity contribution >= 4 is 15.9 Å². The molecule has 0 unspecified atom stereocenters. The Balaban J connectivity index is 1.53. The molecule has 0 amide bonds. The third kappa shape index (κ3) is 4.75. The Morgan fingerprint density at radius 1 is 0.840 bits per heavy atom.